The van der Waals surface area contributed by atoms with Gasteiger partial charge in [0.25, 0.3) is 0 Å². The van der Waals surface area contributed by atoms with Gasteiger partial charge in [-0.2, -0.15) is 13.2 Å². The lowest BCUT2D eigenvalue weighted by atomic mass is 9.96. The number of alkyl halides is 3. The van der Waals surface area contributed by atoms with Gasteiger partial charge >= 0.3 is 12.1 Å². The van der Waals surface area contributed by atoms with E-state index in [1.807, 2.05) is 0 Å². The van der Waals surface area contributed by atoms with Crippen LogP contribution in [-0.4, -0.2) is 22.4 Å². The molecule has 0 spiro atoms. The Bertz CT molecular complexity index is 396. The van der Waals surface area contributed by atoms with Crippen LogP contribution >= 0.6 is 0 Å². The summed E-state index contributed by atoms with van der Waals surface area (Å²) in [6.45, 7) is 1.39. The first kappa shape index (κ1) is 12.6. The molecule has 90 valence electrons. The van der Waals surface area contributed by atoms with Gasteiger partial charge in [-0.15, -0.1) is 0 Å². The molecule has 1 rings (SSSR count). The Labute approximate surface area is 88.3 Å². The van der Waals surface area contributed by atoms with Gasteiger partial charge < -0.3 is 14.6 Å². The van der Waals surface area contributed by atoms with E-state index in [0.29, 0.717) is 0 Å². The predicted molar refractivity (Wildman–Crippen MR) is 45.6 cm³/mol. The molecular weight excluding hydrogens is 229 g/mol. The number of hydrogen-bond donors (Lipinski definition) is 2. The van der Waals surface area contributed by atoms with E-state index in [1.165, 1.54) is 13.0 Å². The second-order valence-corrected chi connectivity index (χ2v) is 3.34. The van der Waals surface area contributed by atoms with Crippen LogP contribution in [0.5, 0.6) is 0 Å². The summed E-state index contributed by atoms with van der Waals surface area (Å²) >= 11 is 0. The van der Waals surface area contributed by atoms with E-state index in [0.717, 1.165) is 6.07 Å². The Morgan fingerprint density at radius 3 is 2.31 bits per heavy atom. The quantitative estimate of drug-likeness (QED) is 0.842. The topological polar surface area (TPSA) is 70.7 Å². The molecule has 1 unspecified atom stereocenters. The van der Waals surface area contributed by atoms with Gasteiger partial charge in [0.1, 0.15) is 11.5 Å². The average Bonchev–Trinajstić information content (AvgIpc) is 2.48. The van der Waals surface area contributed by atoms with Crippen molar-refractivity contribution in [2.75, 3.05) is 0 Å². The maximum Gasteiger partial charge on any atom is 0.425 e. The van der Waals surface area contributed by atoms with Crippen molar-refractivity contribution >= 4 is 5.97 Å². The molecule has 0 amide bonds. The van der Waals surface area contributed by atoms with Gasteiger partial charge in [-0.05, 0) is 19.1 Å². The molecule has 1 aromatic heterocycles. The van der Waals surface area contributed by atoms with E-state index in [4.69, 9.17) is 5.11 Å². The van der Waals surface area contributed by atoms with Gasteiger partial charge in [-0.1, -0.05) is 0 Å². The second-order valence-electron chi connectivity index (χ2n) is 3.34. The summed E-state index contributed by atoms with van der Waals surface area (Å²) < 4.78 is 42.4. The fraction of sp³-hybridized carbons (Fsp3) is 0.444. The molecule has 0 fully saturated rings. The van der Waals surface area contributed by atoms with E-state index in [9.17, 15) is 23.1 Å². The zero-order chi connectivity index (χ0) is 12.6. The number of carboxylic acid groups (broad SMARTS) is 1. The number of carbonyl (C=O) groups is 1. The molecule has 0 aliphatic heterocycles. The van der Waals surface area contributed by atoms with Crippen LogP contribution in [0.2, 0.25) is 0 Å². The van der Waals surface area contributed by atoms with Gasteiger partial charge in [0.05, 0.1) is 6.42 Å². The smallest absolute Gasteiger partial charge is 0.425 e. The van der Waals surface area contributed by atoms with Crippen LogP contribution in [0.3, 0.4) is 0 Å². The zero-order valence-electron chi connectivity index (χ0n) is 8.21. The molecule has 0 aliphatic rings. The molecule has 0 radical (unpaired) electrons. The summed E-state index contributed by atoms with van der Waals surface area (Å²) in [4.78, 5) is 10.3. The Morgan fingerprint density at radius 1 is 1.44 bits per heavy atom. The third-order valence-corrected chi connectivity index (χ3v) is 2.02. The van der Waals surface area contributed by atoms with Crippen LogP contribution in [0.25, 0.3) is 0 Å². The average molecular weight is 238 g/mol. The first-order valence-corrected chi connectivity index (χ1v) is 4.24. The van der Waals surface area contributed by atoms with E-state index in [1.54, 1.807) is 0 Å². The summed E-state index contributed by atoms with van der Waals surface area (Å²) in [5.41, 5.74) is -3.49. The minimum Gasteiger partial charge on any atom is -0.481 e. The first-order chi connectivity index (χ1) is 7.17. The van der Waals surface area contributed by atoms with Gasteiger partial charge in [0.15, 0.2) is 0 Å². The van der Waals surface area contributed by atoms with E-state index >= 15 is 0 Å². The van der Waals surface area contributed by atoms with Crippen molar-refractivity contribution in [2.24, 2.45) is 0 Å². The minimum absolute atomic E-state index is 0.156. The molecule has 0 saturated heterocycles. The summed E-state index contributed by atoms with van der Waals surface area (Å²) in [5.74, 6) is -2.43. The molecule has 16 heavy (non-hydrogen) atoms. The number of aliphatic carboxylic acids is 1. The van der Waals surface area contributed by atoms with E-state index < -0.39 is 29.9 Å². The van der Waals surface area contributed by atoms with Crippen LogP contribution < -0.4 is 0 Å². The molecule has 0 bridgehead atoms. The van der Waals surface area contributed by atoms with Crippen LogP contribution in [0, 0.1) is 6.92 Å². The molecule has 0 saturated carbocycles. The second kappa shape index (κ2) is 3.82. The van der Waals surface area contributed by atoms with E-state index in [2.05, 4.69) is 4.42 Å². The van der Waals surface area contributed by atoms with Crippen molar-refractivity contribution in [1.82, 2.24) is 0 Å². The Kier molecular flexibility index (Phi) is 3.00. The highest BCUT2D eigenvalue weighted by atomic mass is 19.4. The third-order valence-electron chi connectivity index (χ3n) is 2.02. The van der Waals surface area contributed by atoms with Gasteiger partial charge in [0, 0.05) is 0 Å². The van der Waals surface area contributed by atoms with Crippen LogP contribution in [-0.2, 0) is 10.4 Å². The SMILES string of the molecule is Cc1ccc(C(O)(CC(=O)O)C(F)(F)F)o1. The maximum absolute atomic E-state index is 12.6. The zero-order valence-corrected chi connectivity index (χ0v) is 8.21. The number of hydrogen-bond acceptors (Lipinski definition) is 3. The summed E-state index contributed by atoms with van der Waals surface area (Å²) in [6, 6.07) is 2.12. The molecule has 4 nitrogen and oxygen atoms in total. The number of rotatable bonds is 3. The third kappa shape index (κ3) is 2.19. The van der Waals surface area contributed by atoms with Crippen molar-refractivity contribution in [3.63, 3.8) is 0 Å². The van der Waals surface area contributed by atoms with Gasteiger partial charge in [-0.3, -0.25) is 4.79 Å². The lowest BCUT2D eigenvalue weighted by Gasteiger charge is -2.26. The van der Waals surface area contributed by atoms with Crippen LogP contribution in [0.15, 0.2) is 16.5 Å². The van der Waals surface area contributed by atoms with E-state index in [-0.39, 0.29) is 5.76 Å². The summed E-state index contributed by atoms with van der Waals surface area (Å²) in [5, 5.41) is 17.8. The lowest BCUT2D eigenvalue weighted by Crippen LogP contribution is -2.43. The normalized spacial score (nSPS) is 15.8. The van der Waals surface area contributed by atoms with Crippen molar-refractivity contribution in [1.29, 1.82) is 0 Å². The highest BCUT2D eigenvalue weighted by Gasteiger charge is 2.58. The standard InChI is InChI=1S/C9H9F3O4/c1-5-2-3-6(16-5)8(15,4-7(13)14)9(10,11)12/h2-3,15H,4H2,1H3,(H,13,14). The number of aliphatic hydroxyl groups is 1. The Balaban J connectivity index is 3.19. The predicted octanol–water partition coefficient (Wildman–Crippen LogP) is 1.81. The number of furan rings is 1. The van der Waals surface area contributed by atoms with Gasteiger partial charge in [0.2, 0.25) is 5.60 Å². The summed E-state index contributed by atoms with van der Waals surface area (Å²) in [6.07, 6.45) is -6.61. The fourth-order valence-electron chi connectivity index (χ4n) is 1.20. The van der Waals surface area contributed by atoms with Crippen molar-refractivity contribution in [2.45, 2.75) is 25.1 Å². The molecule has 2 N–H and O–H groups in total. The van der Waals surface area contributed by atoms with Crippen LogP contribution in [0.4, 0.5) is 13.2 Å². The highest BCUT2D eigenvalue weighted by molar-refractivity contribution is 5.68. The van der Waals surface area contributed by atoms with Crippen molar-refractivity contribution in [3.8, 4) is 0 Å². The molecule has 1 heterocycles. The summed E-state index contributed by atoms with van der Waals surface area (Å²) in [7, 11) is 0. The Hall–Kier alpha value is -1.50. The number of carboxylic acids is 1. The molecule has 0 aromatic carbocycles. The highest BCUT2D eigenvalue weighted by Crippen LogP contribution is 2.42. The minimum atomic E-state index is -5.12. The largest absolute Gasteiger partial charge is 0.481 e. The lowest BCUT2D eigenvalue weighted by molar-refractivity contribution is -0.275. The molecule has 0 aliphatic carbocycles. The maximum atomic E-state index is 12.6. The number of halogens is 3. The fourth-order valence-corrected chi connectivity index (χ4v) is 1.20. The first-order valence-electron chi connectivity index (χ1n) is 4.24. The van der Waals surface area contributed by atoms with Crippen LogP contribution in [0.1, 0.15) is 17.9 Å². The molecular formula is C9H9F3O4. The van der Waals surface area contributed by atoms with Gasteiger partial charge in [-0.25, -0.2) is 0 Å². The monoisotopic (exact) mass is 238 g/mol. The number of aryl methyl sites for hydroxylation is 1. The molecule has 1 aromatic rings. The molecule has 1 atom stereocenters. The van der Waals surface area contributed by atoms with Crippen molar-refractivity contribution in [3.05, 3.63) is 23.7 Å². The Morgan fingerprint density at radius 2 is 2.00 bits per heavy atom. The van der Waals surface area contributed by atoms with Crippen molar-refractivity contribution < 1.29 is 32.6 Å². The molecule has 7 heteroatoms.